The summed E-state index contributed by atoms with van der Waals surface area (Å²) in [5.74, 6) is 0.188. The van der Waals surface area contributed by atoms with Gasteiger partial charge >= 0.3 is 0 Å². The van der Waals surface area contributed by atoms with Crippen molar-refractivity contribution in [1.82, 2.24) is 4.98 Å². The highest BCUT2D eigenvalue weighted by atomic mass is 16.3. The van der Waals surface area contributed by atoms with Crippen LogP contribution < -0.4 is 0 Å². The molecule has 0 saturated carbocycles. The van der Waals surface area contributed by atoms with Crippen molar-refractivity contribution in [2.45, 2.75) is 26.2 Å². The van der Waals surface area contributed by atoms with Crippen LogP contribution in [0.3, 0.4) is 0 Å². The van der Waals surface area contributed by atoms with E-state index in [-0.39, 0.29) is 11.2 Å². The average Bonchev–Trinajstić information content (AvgIpc) is 2.96. The summed E-state index contributed by atoms with van der Waals surface area (Å²) in [4.78, 5) is 16.0. The van der Waals surface area contributed by atoms with Crippen LogP contribution in [0.2, 0.25) is 0 Å². The number of Topliss-reactive ketones (excluding diaryl/α,β-unsaturated/α-hetero) is 1. The highest BCUT2D eigenvalue weighted by Gasteiger charge is 2.15. The van der Waals surface area contributed by atoms with Crippen LogP contribution in [0.4, 0.5) is 0 Å². The van der Waals surface area contributed by atoms with Crippen LogP contribution in [0.25, 0.3) is 22.6 Å². The van der Waals surface area contributed by atoms with Crippen molar-refractivity contribution < 1.29 is 14.3 Å². The number of oxazole rings is 1. The van der Waals surface area contributed by atoms with Crippen LogP contribution in [-0.4, -0.2) is 22.5 Å². The zero-order chi connectivity index (χ0) is 16.6. The standard InChI is InChI=1S/C19H19NO3/c1-19(2,3)14-7-4-12(5-8-14)18-20-15-9-6-13(16(22)11-21)10-17(15)23-18/h4-10,21H,11H2,1-3H3. The maximum atomic E-state index is 11.6. The molecule has 4 nitrogen and oxygen atoms in total. The van der Waals surface area contributed by atoms with Crippen LogP contribution in [0.1, 0.15) is 36.7 Å². The molecular weight excluding hydrogens is 290 g/mol. The van der Waals surface area contributed by atoms with E-state index in [0.29, 0.717) is 22.6 Å². The van der Waals surface area contributed by atoms with Gasteiger partial charge in [-0.25, -0.2) is 4.98 Å². The molecule has 0 amide bonds. The van der Waals surface area contributed by atoms with Gasteiger partial charge in [0.2, 0.25) is 5.89 Å². The zero-order valence-electron chi connectivity index (χ0n) is 13.5. The quantitative estimate of drug-likeness (QED) is 0.744. The van der Waals surface area contributed by atoms with Crippen molar-refractivity contribution >= 4 is 16.9 Å². The molecule has 0 saturated heterocycles. The second kappa shape index (κ2) is 5.63. The fourth-order valence-electron chi connectivity index (χ4n) is 2.43. The number of fused-ring (bicyclic) bond motifs is 1. The molecule has 0 aliphatic carbocycles. The first kappa shape index (κ1) is 15.4. The van der Waals surface area contributed by atoms with Crippen LogP contribution in [0.5, 0.6) is 0 Å². The summed E-state index contributed by atoms with van der Waals surface area (Å²) in [6.45, 7) is 5.99. The van der Waals surface area contributed by atoms with Gasteiger partial charge in [-0.1, -0.05) is 32.9 Å². The molecule has 118 valence electrons. The normalized spacial score (nSPS) is 11.8. The molecule has 1 heterocycles. The minimum atomic E-state index is -0.513. The summed E-state index contributed by atoms with van der Waals surface area (Å²) in [7, 11) is 0. The molecule has 0 spiro atoms. The Balaban J connectivity index is 1.98. The van der Waals surface area contributed by atoms with Crippen molar-refractivity contribution in [3.63, 3.8) is 0 Å². The minimum Gasteiger partial charge on any atom is -0.436 e. The number of carbonyl (C=O) groups excluding carboxylic acids is 1. The lowest BCUT2D eigenvalue weighted by atomic mass is 9.87. The van der Waals surface area contributed by atoms with Gasteiger partial charge in [0.25, 0.3) is 0 Å². The molecule has 0 aliphatic heterocycles. The van der Waals surface area contributed by atoms with Gasteiger partial charge in [0.05, 0.1) is 0 Å². The lowest BCUT2D eigenvalue weighted by molar-refractivity contribution is 0.0904. The number of ketones is 1. The van der Waals surface area contributed by atoms with Gasteiger partial charge in [-0.3, -0.25) is 4.79 Å². The lowest BCUT2D eigenvalue weighted by Crippen LogP contribution is -2.10. The SMILES string of the molecule is CC(C)(C)c1ccc(-c2nc3ccc(C(=O)CO)cc3o2)cc1. The van der Waals surface area contributed by atoms with Gasteiger partial charge in [-0.15, -0.1) is 0 Å². The highest BCUT2D eigenvalue weighted by Crippen LogP contribution is 2.28. The Labute approximate surface area is 134 Å². The molecule has 1 N–H and O–H groups in total. The average molecular weight is 309 g/mol. The van der Waals surface area contributed by atoms with Gasteiger partial charge in [-0.2, -0.15) is 0 Å². The third-order valence-electron chi connectivity index (χ3n) is 3.85. The first-order chi connectivity index (χ1) is 10.9. The number of aliphatic hydroxyl groups is 1. The van der Waals surface area contributed by atoms with Crippen molar-refractivity contribution in [3.8, 4) is 11.5 Å². The molecular formula is C19H19NO3. The summed E-state index contributed by atoms with van der Waals surface area (Å²) in [5, 5.41) is 8.94. The second-order valence-electron chi connectivity index (χ2n) is 6.61. The van der Waals surface area contributed by atoms with E-state index >= 15 is 0 Å². The van der Waals surface area contributed by atoms with Gasteiger partial charge < -0.3 is 9.52 Å². The Bertz CT molecular complexity index is 854. The van der Waals surface area contributed by atoms with Crippen molar-refractivity contribution in [2.24, 2.45) is 0 Å². The van der Waals surface area contributed by atoms with E-state index in [2.05, 4.69) is 37.9 Å². The second-order valence-corrected chi connectivity index (χ2v) is 6.61. The zero-order valence-corrected chi connectivity index (χ0v) is 13.5. The number of rotatable bonds is 3. The molecule has 4 heteroatoms. The smallest absolute Gasteiger partial charge is 0.227 e. The topological polar surface area (TPSA) is 63.3 Å². The van der Waals surface area contributed by atoms with E-state index in [1.54, 1.807) is 18.2 Å². The maximum absolute atomic E-state index is 11.6. The Morgan fingerprint density at radius 2 is 1.83 bits per heavy atom. The maximum Gasteiger partial charge on any atom is 0.227 e. The molecule has 3 aromatic rings. The highest BCUT2D eigenvalue weighted by molar-refractivity contribution is 5.99. The van der Waals surface area contributed by atoms with E-state index in [0.717, 1.165) is 5.56 Å². The van der Waals surface area contributed by atoms with Crippen molar-refractivity contribution in [3.05, 3.63) is 53.6 Å². The predicted molar refractivity (Wildman–Crippen MR) is 89.6 cm³/mol. The summed E-state index contributed by atoms with van der Waals surface area (Å²) >= 11 is 0. The number of hydrogen-bond acceptors (Lipinski definition) is 4. The van der Waals surface area contributed by atoms with E-state index in [1.165, 1.54) is 5.56 Å². The minimum absolute atomic E-state index is 0.0966. The monoisotopic (exact) mass is 309 g/mol. The van der Waals surface area contributed by atoms with Gasteiger partial charge in [0, 0.05) is 11.1 Å². The number of nitrogens with zero attached hydrogens (tertiary/aromatic N) is 1. The van der Waals surface area contributed by atoms with E-state index in [9.17, 15) is 4.79 Å². The van der Waals surface area contributed by atoms with Crippen molar-refractivity contribution in [2.75, 3.05) is 6.61 Å². The summed E-state index contributed by atoms with van der Waals surface area (Å²) in [5.41, 5.74) is 3.89. The Morgan fingerprint density at radius 3 is 2.43 bits per heavy atom. The van der Waals surface area contributed by atoms with Gasteiger partial charge in [0.15, 0.2) is 11.4 Å². The first-order valence-corrected chi connectivity index (χ1v) is 7.54. The molecule has 0 fully saturated rings. The Morgan fingerprint density at radius 1 is 1.13 bits per heavy atom. The lowest BCUT2D eigenvalue weighted by Gasteiger charge is -2.18. The first-order valence-electron chi connectivity index (χ1n) is 7.54. The molecule has 2 aromatic carbocycles. The van der Waals surface area contributed by atoms with Gasteiger partial charge in [-0.05, 0) is 41.3 Å². The van der Waals surface area contributed by atoms with Gasteiger partial charge in [0.1, 0.15) is 12.1 Å². The van der Waals surface area contributed by atoms with Crippen LogP contribution in [-0.2, 0) is 5.41 Å². The molecule has 0 unspecified atom stereocenters. The number of aromatic nitrogens is 1. The van der Waals surface area contributed by atoms with Crippen LogP contribution in [0.15, 0.2) is 46.9 Å². The largest absolute Gasteiger partial charge is 0.436 e. The molecule has 1 aromatic heterocycles. The number of benzene rings is 2. The van der Waals surface area contributed by atoms with E-state index in [1.807, 2.05) is 12.1 Å². The Kier molecular flexibility index (Phi) is 3.78. The summed E-state index contributed by atoms with van der Waals surface area (Å²) in [6, 6.07) is 13.1. The predicted octanol–water partition coefficient (Wildman–Crippen LogP) is 3.97. The molecule has 23 heavy (non-hydrogen) atoms. The fraction of sp³-hybridized carbons (Fsp3) is 0.263. The molecule has 0 bridgehead atoms. The van der Waals surface area contributed by atoms with E-state index in [4.69, 9.17) is 9.52 Å². The molecule has 0 radical (unpaired) electrons. The van der Waals surface area contributed by atoms with E-state index < -0.39 is 6.61 Å². The number of hydrogen-bond donors (Lipinski definition) is 1. The Hall–Kier alpha value is -2.46. The third-order valence-corrected chi connectivity index (χ3v) is 3.85. The van der Waals surface area contributed by atoms with Crippen molar-refractivity contribution in [1.29, 1.82) is 0 Å². The molecule has 0 atom stereocenters. The fourth-order valence-corrected chi connectivity index (χ4v) is 2.43. The number of carbonyl (C=O) groups is 1. The summed E-state index contributed by atoms with van der Waals surface area (Å²) < 4.78 is 5.77. The van der Waals surface area contributed by atoms with Crippen LogP contribution in [0, 0.1) is 0 Å². The number of aliphatic hydroxyl groups excluding tert-OH is 1. The molecule has 0 aliphatic rings. The summed E-state index contributed by atoms with van der Waals surface area (Å²) in [6.07, 6.45) is 0. The molecule has 3 rings (SSSR count). The third kappa shape index (κ3) is 3.03. The van der Waals surface area contributed by atoms with Crippen LogP contribution >= 0.6 is 0 Å².